The van der Waals surface area contributed by atoms with E-state index < -0.39 is 0 Å². The Morgan fingerprint density at radius 1 is 1.08 bits per heavy atom. The van der Waals surface area contributed by atoms with Crippen molar-refractivity contribution in [2.24, 2.45) is 5.92 Å². The third-order valence-electron chi connectivity index (χ3n) is 4.07. The van der Waals surface area contributed by atoms with Crippen LogP contribution in [-0.4, -0.2) is 29.2 Å². The Kier molecular flexibility index (Phi) is 7.02. The van der Waals surface area contributed by atoms with E-state index in [-0.39, 0.29) is 18.6 Å². The molecular formula is C21H28N2O2. The second kappa shape index (κ2) is 9.23. The van der Waals surface area contributed by atoms with Crippen LogP contribution in [0, 0.1) is 19.8 Å². The Morgan fingerprint density at radius 2 is 1.72 bits per heavy atom. The summed E-state index contributed by atoms with van der Waals surface area (Å²) in [6.07, 6.45) is 0. The minimum atomic E-state index is -0.108. The molecule has 0 aliphatic heterocycles. The molecule has 0 radical (unpaired) electrons. The Hall–Kier alpha value is -2.33. The maximum Gasteiger partial charge on any atom is 0.317 e. The molecule has 2 aromatic rings. The molecule has 0 aliphatic carbocycles. The molecule has 0 saturated heterocycles. The van der Waals surface area contributed by atoms with E-state index in [9.17, 15) is 9.90 Å². The fourth-order valence-corrected chi connectivity index (χ4v) is 2.92. The highest BCUT2D eigenvalue weighted by molar-refractivity contribution is 5.74. The minimum absolute atomic E-state index is 0.0377. The Balaban J connectivity index is 2.03. The lowest BCUT2D eigenvalue weighted by atomic mass is 10.1. The van der Waals surface area contributed by atoms with E-state index in [1.54, 1.807) is 4.90 Å². The van der Waals surface area contributed by atoms with Gasteiger partial charge in [0.15, 0.2) is 0 Å². The lowest BCUT2D eigenvalue weighted by Crippen LogP contribution is -2.42. The number of aryl methyl sites for hydroxylation is 2. The average molecular weight is 340 g/mol. The summed E-state index contributed by atoms with van der Waals surface area (Å²) in [6.45, 7) is 7.67. The summed E-state index contributed by atoms with van der Waals surface area (Å²) in [6, 6.07) is 16.1. The lowest BCUT2D eigenvalue weighted by molar-refractivity contribution is 0.163. The second-order valence-corrected chi connectivity index (χ2v) is 6.81. The van der Waals surface area contributed by atoms with Gasteiger partial charge in [0.25, 0.3) is 0 Å². The maximum absolute atomic E-state index is 12.7. The number of hydrogen-bond acceptors (Lipinski definition) is 2. The number of hydrogen-bond donors (Lipinski definition) is 2. The summed E-state index contributed by atoms with van der Waals surface area (Å²) in [5.41, 5.74) is 4.56. The summed E-state index contributed by atoms with van der Waals surface area (Å²) in [5.74, 6) is 0.0377. The molecule has 2 N–H and O–H groups in total. The molecule has 2 aromatic carbocycles. The first-order chi connectivity index (χ1) is 12.0. The molecule has 2 amide bonds. The smallest absolute Gasteiger partial charge is 0.317 e. The van der Waals surface area contributed by atoms with Gasteiger partial charge < -0.3 is 15.3 Å². The van der Waals surface area contributed by atoms with Crippen molar-refractivity contribution in [3.63, 3.8) is 0 Å². The summed E-state index contributed by atoms with van der Waals surface area (Å²) in [5, 5.41) is 12.4. The van der Waals surface area contributed by atoms with Gasteiger partial charge in [0, 0.05) is 26.2 Å². The van der Waals surface area contributed by atoms with Gasteiger partial charge in [-0.25, -0.2) is 4.79 Å². The number of carbonyl (C=O) groups excluding carboxylic acids is 1. The van der Waals surface area contributed by atoms with Crippen molar-refractivity contribution in [1.82, 2.24) is 10.2 Å². The van der Waals surface area contributed by atoms with Crippen LogP contribution in [0.1, 0.15) is 29.2 Å². The van der Waals surface area contributed by atoms with Crippen molar-refractivity contribution in [2.45, 2.75) is 33.9 Å². The van der Waals surface area contributed by atoms with Crippen LogP contribution >= 0.6 is 0 Å². The fourth-order valence-electron chi connectivity index (χ4n) is 2.92. The van der Waals surface area contributed by atoms with E-state index in [0.29, 0.717) is 19.6 Å². The number of amides is 2. The molecule has 4 heteroatoms. The predicted molar refractivity (Wildman–Crippen MR) is 101 cm³/mol. The van der Waals surface area contributed by atoms with Crippen molar-refractivity contribution in [3.05, 3.63) is 70.8 Å². The Labute approximate surface area is 150 Å². The zero-order chi connectivity index (χ0) is 18.2. The monoisotopic (exact) mass is 340 g/mol. The summed E-state index contributed by atoms with van der Waals surface area (Å²) >= 11 is 0. The number of nitrogens with zero attached hydrogens (tertiary/aromatic N) is 1. The first-order valence-electron chi connectivity index (χ1n) is 8.72. The Bertz CT molecular complexity index is 665. The van der Waals surface area contributed by atoms with E-state index in [1.165, 1.54) is 11.1 Å². The number of benzene rings is 2. The van der Waals surface area contributed by atoms with Gasteiger partial charge in [0.2, 0.25) is 0 Å². The molecule has 0 fully saturated rings. The third kappa shape index (κ3) is 6.24. The highest BCUT2D eigenvalue weighted by atomic mass is 16.3. The molecule has 0 saturated carbocycles. The molecule has 0 aliphatic rings. The molecular weight excluding hydrogens is 312 g/mol. The van der Waals surface area contributed by atoms with Gasteiger partial charge in [0.05, 0.1) is 0 Å². The molecule has 25 heavy (non-hydrogen) atoms. The van der Waals surface area contributed by atoms with Gasteiger partial charge in [0.1, 0.15) is 0 Å². The van der Waals surface area contributed by atoms with Crippen LogP contribution in [0.2, 0.25) is 0 Å². The van der Waals surface area contributed by atoms with Gasteiger partial charge in [-0.2, -0.15) is 0 Å². The number of nitrogens with one attached hydrogen (secondary N) is 1. The number of urea groups is 1. The fraction of sp³-hybridized carbons (Fsp3) is 0.381. The van der Waals surface area contributed by atoms with Crippen molar-refractivity contribution < 1.29 is 9.90 Å². The number of aliphatic hydroxyl groups excluding tert-OH is 1. The SMILES string of the molecule is Cc1cc(C)cc(CNC(=O)N(Cc2ccccc2)C[C@H](C)CO)c1. The van der Waals surface area contributed by atoms with Crippen LogP contribution in [-0.2, 0) is 13.1 Å². The summed E-state index contributed by atoms with van der Waals surface area (Å²) in [7, 11) is 0. The lowest BCUT2D eigenvalue weighted by Gasteiger charge is -2.26. The van der Waals surface area contributed by atoms with Crippen molar-refractivity contribution >= 4 is 6.03 Å². The largest absolute Gasteiger partial charge is 0.396 e. The zero-order valence-corrected chi connectivity index (χ0v) is 15.3. The highest BCUT2D eigenvalue weighted by Crippen LogP contribution is 2.11. The van der Waals surface area contributed by atoms with Crippen molar-refractivity contribution in [2.75, 3.05) is 13.2 Å². The topological polar surface area (TPSA) is 52.6 Å². The summed E-state index contributed by atoms with van der Waals surface area (Å²) in [4.78, 5) is 14.4. The van der Waals surface area contributed by atoms with Gasteiger partial charge in [-0.1, -0.05) is 66.6 Å². The molecule has 0 bridgehead atoms. The molecule has 0 unspecified atom stereocenters. The average Bonchev–Trinajstić information content (AvgIpc) is 2.59. The maximum atomic E-state index is 12.7. The van der Waals surface area contributed by atoms with E-state index >= 15 is 0 Å². The van der Waals surface area contributed by atoms with Gasteiger partial charge in [-0.3, -0.25) is 0 Å². The number of carbonyl (C=O) groups is 1. The quantitative estimate of drug-likeness (QED) is 0.808. The van der Waals surface area contributed by atoms with Crippen LogP contribution < -0.4 is 5.32 Å². The molecule has 0 spiro atoms. The van der Waals surface area contributed by atoms with Crippen LogP contribution in [0.5, 0.6) is 0 Å². The van der Waals surface area contributed by atoms with Crippen LogP contribution in [0.4, 0.5) is 4.79 Å². The van der Waals surface area contributed by atoms with Gasteiger partial charge in [-0.15, -0.1) is 0 Å². The van der Waals surface area contributed by atoms with Crippen LogP contribution in [0.3, 0.4) is 0 Å². The van der Waals surface area contributed by atoms with Crippen molar-refractivity contribution in [1.29, 1.82) is 0 Å². The molecule has 0 aromatic heterocycles. The standard InChI is InChI=1S/C21H28N2O2/c1-16-9-17(2)11-20(10-16)12-22-21(25)23(13-18(3)15-24)14-19-7-5-4-6-8-19/h4-11,18,24H,12-15H2,1-3H3,(H,22,25)/t18-/m0/s1. The first kappa shape index (κ1) is 19.0. The third-order valence-corrected chi connectivity index (χ3v) is 4.07. The van der Waals surface area contributed by atoms with E-state index in [0.717, 1.165) is 11.1 Å². The van der Waals surface area contributed by atoms with E-state index in [1.807, 2.05) is 37.3 Å². The number of rotatable bonds is 7. The molecule has 2 rings (SSSR count). The summed E-state index contributed by atoms with van der Waals surface area (Å²) < 4.78 is 0. The van der Waals surface area contributed by atoms with Gasteiger partial charge in [-0.05, 0) is 30.9 Å². The first-order valence-corrected chi connectivity index (χ1v) is 8.72. The van der Waals surface area contributed by atoms with E-state index in [4.69, 9.17) is 0 Å². The molecule has 1 atom stereocenters. The van der Waals surface area contributed by atoms with Crippen molar-refractivity contribution in [3.8, 4) is 0 Å². The minimum Gasteiger partial charge on any atom is -0.396 e. The molecule has 134 valence electrons. The number of aliphatic hydroxyl groups is 1. The molecule has 0 heterocycles. The molecule has 4 nitrogen and oxygen atoms in total. The second-order valence-electron chi connectivity index (χ2n) is 6.81. The van der Waals surface area contributed by atoms with Crippen LogP contribution in [0.25, 0.3) is 0 Å². The Morgan fingerprint density at radius 3 is 2.32 bits per heavy atom. The van der Waals surface area contributed by atoms with Gasteiger partial charge >= 0.3 is 6.03 Å². The van der Waals surface area contributed by atoms with E-state index in [2.05, 4.69) is 37.4 Å². The highest BCUT2D eigenvalue weighted by Gasteiger charge is 2.16. The van der Waals surface area contributed by atoms with Crippen LogP contribution in [0.15, 0.2) is 48.5 Å². The zero-order valence-electron chi connectivity index (χ0n) is 15.3. The normalized spacial score (nSPS) is 11.8. The predicted octanol–water partition coefficient (Wildman–Crippen LogP) is 3.64.